The normalized spacial score (nSPS) is 19.9. The van der Waals surface area contributed by atoms with Crippen molar-refractivity contribution < 1.29 is 27.8 Å². The van der Waals surface area contributed by atoms with Gasteiger partial charge in [0.25, 0.3) is 0 Å². The number of nitrogens with zero attached hydrogens (tertiary/aromatic N) is 5. The van der Waals surface area contributed by atoms with Gasteiger partial charge in [-0.1, -0.05) is 48.0 Å². The van der Waals surface area contributed by atoms with Crippen molar-refractivity contribution in [3.8, 4) is 0 Å². The van der Waals surface area contributed by atoms with Crippen molar-refractivity contribution in [1.82, 2.24) is 15.1 Å². The van der Waals surface area contributed by atoms with E-state index in [1.807, 2.05) is 0 Å². The maximum absolute atomic E-state index is 10.6. The zero-order valence-electron chi connectivity index (χ0n) is 21.8. The fraction of sp³-hybridized carbons (Fsp3) is 0.464. The summed E-state index contributed by atoms with van der Waals surface area (Å²) in [5.41, 5.74) is 4.20. The summed E-state index contributed by atoms with van der Waals surface area (Å²) in [5, 5.41) is 19.1. The molecule has 0 aliphatic carbocycles. The van der Waals surface area contributed by atoms with Gasteiger partial charge in [-0.25, -0.2) is 4.79 Å². The molecule has 0 saturated carbocycles. The van der Waals surface area contributed by atoms with Crippen molar-refractivity contribution >= 4 is 28.4 Å². The fourth-order valence-electron chi connectivity index (χ4n) is 5.52. The minimum absolute atomic E-state index is 0.591. The molecule has 208 valence electrons. The molecule has 2 aromatic carbocycles. The zero-order chi connectivity index (χ0) is 27.6. The van der Waals surface area contributed by atoms with E-state index in [0.717, 1.165) is 77.0 Å². The Balaban J connectivity index is 0.000000392. The number of benzene rings is 2. The molecule has 0 radical (unpaired) electrons. The average Bonchev–Trinajstić information content (AvgIpc) is 3.47. The number of ether oxygens (including phenoxy) is 1. The third-order valence-corrected chi connectivity index (χ3v) is 7.60. The van der Waals surface area contributed by atoms with Gasteiger partial charge in [-0.2, -0.15) is 13.2 Å². The lowest BCUT2D eigenvalue weighted by atomic mass is 9.97. The molecule has 39 heavy (non-hydrogen) atoms. The molecule has 4 heterocycles. The minimum atomic E-state index is -5.08. The number of aliphatic carboxylic acids is 1. The van der Waals surface area contributed by atoms with Crippen molar-refractivity contribution in [2.75, 3.05) is 55.7 Å². The molecule has 2 fully saturated rings. The maximum atomic E-state index is 10.6. The molecule has 8 nitrogen and oxygen atoms in total. The van der Waals surface area contributed by atoms with E-state index in [4.69, 9.17) is 24.8 Å². The van der Waals surface area contributed by atoms with Gasteiger partial charge in [-0.05, 0) is 30.9 Å². The first-order chi connectivity index (χ1) is 18.7. The third-order valence-electron chi connectivity index (χ3n) is 7.60. The van der Waals surface area contributed by atoms with Gasteiger partial charge < -0.3 is 19.6 Å². The van der Waals surface area contributed by atoms with E-state index in [9.17, 15) is 13.2 Å². The van der Waals surface area contributed by atoms with Gasteiger partial charge in [0, 0.05) is 62.7 Å². The molecule has 1 aromatic heterocycles. The highest BCUT2D eigenvalue weighted by atomic mass is 19.4. The summed E-state index contributed by atoms with van der Waals surface area (Å²) < 4.78 is 37.3. The topological polar surface area (TPSA) is 82.0 Å². The van der Waals surface area contributed by atoms with Crippen molar-refractivity contribution in [1.29, 1.82) is 0 Å². The molecule has 0 bridgehead atoms. The average molecular weight is 544 g/mol. The largest absolute Gasteiger partial charge is 0.490 e. The number of fused-ring (bicyclic) bond motifs is 2. The van der Waals surface area contributed by atoms with Gasteiger partial charge in [0.15, 0.2) is 11.6 Å². The predicted molar refractivity (Wildman–Crippen MR) is 142 cm³/mol. The predicted octanol–water partition coefficient (Wildman–Crippen LogP) is 4.05. The number of anilines is 2. The van der Waals surface area contributed by atoms with Gasteiger partial charge in [0.05, 0.1) is 6.61 Å². The van der Waals surface area contributed by atoms with Gasteiger partial charge >= 0.3 is 12.1 Å². The molecule has 6 rings (SSSR count). The van der Waals surface area contributed by atoms with Crippen LogP contribution < -0.4 is 9.80 Å². The molecule has 1 atom stereocenters. The lowest BCUT2D eigenvalue weighted by molar-refractivity contribution is -0.192. The Morgan fingerprint density at radius 3 is 2.18 bits per heavy atom. The molecule has 1 N–H and O–H groups in total. The number of hydrogen-bond acceptors (Lipinski definition) is 7. The van der Waals surface area contributed by atoms with Crippen LogP contribution in [0.15, 0.2) is 42.5 Å². The second-order valence-electron chi connectivity index (χ2n) is 10.2. The lowest BCUT2D eigenvalue weighted by Gasteiger charge is -2.38. The van der Waals surface area contributed by atoms with Crippen molar-refractivity contribution in [3.05, 3.63) is 59.2 Å². The molecule has 11 heteroatoms. The maximum Gasteiger partial charge on any atom is 0.490 e. The Morgan fingerprint density at radius 1 is 0.949 bits per heavy atom. The highest BCUT2D eigenvalue weighted by Crippen LogP contribution is 2.33. The van der Waals surface area contributed by atoms with Crippen molar-refractivity contribution in [3.63, 3.8) is 0 Å². The van der Waals surface area contributed by atoms with Crippen LogP contribution in [0, 0.1) is 6.92 Å². The number of aryl methyl sites for hydroxylation is 1. The number of carboxylic acid groups (broad SMARTS) is 1. The van der Waals surface area contributed by atoms with Crippen LogP contribution in [-0.4, -0.2) is 84.3 Å². The number of halogens is 3. The van der Waals surface area contributed by atoms with Gasteiger partial charge in [0.2, 0.25) is 0 Å². The van der Waals surface area contributed by atoms with Crippen LogP contribution in [0.4, 0.5) is 24.8 Å². The molecule has 3 aliphatic rings. The monoisotopic (exact) mass is 543 g/mol. The van der Waals surface area contributed by atoms with Crippen molar-refractivity contribution in [2.24, 2.45) is 0 Å². The molecule has 0 spiro atoms. The van der Waals surface area contributed by atoms with Gasteiger partial charge in [-0.15, -0.1) is 10.2 Å². The van der Waals surface area contributed by atoms with Crippen LogP contribution in [0.2, 0.25) is 0 Å². The van der Waals surface area contributed by atoms with Crippen LogP contribution >= 0.6 is 0 Å². The molecule has 2 saturated heterocycles. The zero-order valence-corrected chi connectivity index (χ0v) is 21.8. The van der Waals surface area contributed by atoms with Crippen LogP contribution in [0.1, 0.15) is 23.1 Å². The van der Waals surface area contributed by atoms with E-state index in [1.54, 1.807) is 0 Å². The van der Waals surface area contributed by atoms with Crippen LogP contribution in [0.3, 0.4) is 0 Å². The van der Waals surface area contributed by atoms with Gasteiger partial charge in [-0.3, -0.25) is 4.90 Å². The lowest BCUT2D eigenvalue weighted by Crippen LogP contribution is -2.51. The van der Waals surface area contributed by atoms with Gasteiger partial charge in [0.1, 0.15) is 0 Å². The smallest absolute Gasteiger partial charge is 0.475 e. The molecule has 0 amide bonds. The first-order valence-electron chi connectivity index (χ1n) is 13.2. The van der Waals surface area contributed by atoms with E-state index in [0.29, 0.717) is 6.04 Å². The Morgan fingerprint density at radius 2 is 1.59 bits per heavy atom. The highest BCUT2D eigenvalue weighted by molar-refractivity contribution is 5.99. The van der Waals surface area contributed by atoms with Crippen molar-refractivity contribution in [2.45, 2.75) is 38.5 Å². The van der Waals surface area contributed by atoms with Crippen LogP contribution in [0.5, 0.6) is 0 Å². The van der Waals surface area contributed by atoms with E-state index < -0.39 is 12.1 Å². The van der Waals surface area contributed by atoms with E-state index in [2.05, 4.69) is 64.1 Å². The summed E-state index contributed by atoms with van der Waals surface area (Å²) in [7, 11) is 0. The Kier molecular flexibility index (Phi) is 7.90. The summed E-state index contributed by atoms with van der Waals surface area (Å²) in [4.78, 5) is 16.3. The number of carboxylic acids is 1. The number of aromatic nitrogens is 2. The summed E-state index contributed by atoms with van der Waals surface area (Å²) in [6.07, 6.45) is -2.86. The summed E-state index contributed by atoms with van der Waals surface area (Å²) in [6, 6.07) is 16.1. The summed E-state index contributed by atoms with van der Waals surface area (Å²) in [6.45, 7) is 9.95. The Labute approximate surface area is 225 Å². The van der Waals surface area contributed by atoms with E-state index in [-0.39, 0.29) is 0 Å². The molecule has 3 aromatic rings. The minimum Gasteiger partial charge on any atom is -0.475 e. The number of piperazine rings is 1. The number of rotatable bonds is 3. The quantitative estimate of drug-likeness (QED) is 0.530. The molecule has 3 aliphatic heterocycles. The second kappa shape index (κ2) is 11.4. The Hall–Kier alpha value is -3.44. The SMILES string of the molecule is Cc1ccc2c(c1)CN(c1nnc(N3CCN(C4CCOC4)CC3)c3ccccc13)CC2.O=C(O)C(F)(F)F. The second-order valence-corrected chi connectivity index (χ2v) is 10.2. The number of hydrogen-bond donors (Lipinski definition) is 1. The first-order valence-corrected chi connectivity index (χ1v) is 13.2. The summed E-state index contributed by atoms with van der Waals surface area (Å²) >= 11 is 0. The standard InChI is InChI=1S/C26H31N5O.C2HF3O2/c1-19-6-7-20-8-10-31(17-21(20)16-19)26-24-5-3-2-4-23(24)25(27-28-26)30-13-11-29(12-14-30)22-9-15-32-18-22;3-2(4,5)1(6)7/h2-7,16,22H,8-15,17-18H2,1H3;(H,6,7). The molecular formula is C28H32F3N5O3. The Bertz CT molecular complexity index is 1320. The van der Waals surface area contributed by atoms with E-state index in [1.165, 1.54) is 27.5 Å². The summed E-state index contributed by atoms with van der Waals surface area (Å²) in [5.74, 6) is -0.717. The van der Waals surface area contributed by atoms with E-state index >= 15 is 0 Å². The fourth-order valence-corrected chi connectivity index (χ4v) is 5.52. The number of carbonyl (C=O) groups is 1. The van der Waals surface area contributed by atoms with Crippen LogP contribution in [-0.2, 0) is 22.5 Å². The number of alkyl halides is 3. The molecular weight excluding hydrogens is 511 g/mol. The third kappa shape index (κ3) is 6.09. The molecule has 1 unspecified atom stereocenters. The first kappa shape index (κ1) is 27.1. The van der Waals surface area contributed by atoms with Crippen LogP contribution in [0.25, 0.3) is 10.8 Å². The highest BCUT2D eigenvalue weighted by Gasteiger charge is 2.38.